The van der Waals surface area contributed by atoms with Crippen LogP contribution in [0.1, 0.15) is 55.4 Å². The van der Waals surface area contributed by atoms with E-state index in [1.165, 1.54) is 14.2 Å². The third-order valence-corrected chi connectivity index (χ3v) is 7.29. The summed E-state index contributed by atoms with van der Waals surface area (Å²) in [6.45, 7) is 14.4. The maximum atomic E-state index is 13.7. The van der Waals surface area contributed by atoms with Crippen LogP contribution in [0.3, 0.4) is 0 Å². The van der Waals surface area contributed by atoms with Gasteiger partial charge in [-0.3, -0.25) is 4.79 Å². The largest absolute Gasteiger partial charge is 0.354 e. The van der Waals surface area contributed by atoms with Crippen molar-refractivity contribution in [2.24, 2.45) is 0 Å². The first kappa shape index (κ1) is 32.1. The molecule has 232 valence electrons. The van der Waals surface area contributed by atoms with Gasteiger partial charge in [0.25, 0.3) is 0 Å². The summed E-state index contributed by atoms with van der Waals surface area (Å²) in [7, 11) is 4.56. The molecule has 0 aromatic rings. The van der Waals surface area contributed by atoms with Gasteiger partial charge in [-0.1, -0.05) is 0 Å². The molecule has 4 fully saturated rings. The molecule has 0 saturated carbocycles. The van der Waals surface area contributed by atoms with E-state index in [0.717, 1.165) is 0 Å². The lowest BCUT2D eigenvalue weighted by atomic mass is 9.99. The number of ether oxygens (including phenoxy) is 12. The highest BCUT2D eigenvalue weighted by molar-refractivity contribution is 5.88. The molecule has 0 aromatic carbocycles. The van der Waals surface area contributed by atoms with Gasteiger partial charge in [0.05, 0.1) is 13.2 Å². The lowest BCUT2D eigenvalue weighted by Crippen LogP contribution is -2.59. The fraction of sp³-hybridized carbons (Fsp3) is 0.963. The van der Waals surface area contributed by atoms with Crippen LogP contribution in [0.2, 0.25) is 0 Å². The summed E-state index contributed by atoms with van der Waals surface area (Å²) in [5.41, 5.74) is 0. The van der Waals surface area contributed by atoms with E-state index < -0.39 is 84.2 Å². The lowest BCUT2D eigenvalue weighted by Gasteiger charge is -2.40. The minimum Gasteiger partial charge on any atom is -0.354 e. The van der Waals surface area contributed by atoms with Crippen molar-refractivity contribution in [1.82, 2.24) is 0 Å². The molecule has 0 unspecified atom stereocenters. The first-order valence-corrected chi connectivity index (χ1v) is 13.6. The Morgan fingerprint density at radius 2 is 1.50 bits per heavy atom. The van der Waals surface area contributed by atoms with Crippen LogP contribution in [-0.4, -0.2) is 119 Å². The van der Waals surface area contributed by atoms with Gasteiger partial charge < -0.3 is 56.8 Å². The van der Waals surface area contributed by atoms with Crippen molar-refractivity contribution in [3.63, 3.8) is 0 Å². The molecule has 0 N–H and O–H groups in total. The van der Waals surface area contributed by atoms with Crippen molar-refractivity contribution in [2.45, 2.75) is 134 Å². The fourth-order valence-corrected chi connectivity index (χ4v) is 5.34. The van der Waals surface area contributed by atoms with E-state index in [0.29, 0.717) is 0 Å². The number of ketones is 1. The zero-order chi connectivity index (χ0) is 29.7. The van der Waals surface area contributed by atoms with Crippen molar-refractivity contribution in [3.05, 3.63) is 0 Å². The Bertz CT molecular complexity index is 886. The highest BCUT2D eigenvalue weighted by atomic mass is 16.8. The molecule has 4 aliphatic heterocycles. The second-order valence-electron chi connectivity index (χ2n) is 12.2. The number of hydrogen-bond donors (Lipinski definition) is 0. The molecule has 13 heteroatoms. The zero-order valence-electron chi connectivity index (χ0n) is 25.4. The number of Topliss-reactive ketones (excluding diaryl/α,β-unsaturated/α-hetero) is 1. The van der Waals surface area contributed by atoms with Crippen LogP contribution in [0.15, 0.2) is 0 Å². The predicted molar refractivity (Wildman–Crippen MR) is 136 cm³/mol. The zero-order valence-corrected chi connectivity index (χ0v) is 25.4. The van der Waals surface area contributed by atoms with Gasteiger partial charge in [0.2, 0.25) is 12.1 Å². The molecule has 4 heterocycles. The summed E-state index contributed by atoms with van der Waals surface area (Å²) >= 11 is 0. The minimum absolute atomic E-state index is 0.0590. The predicted octanol–water partition coefficient (Wildman–Crippen LogP) is 1.88. The van der Waals surface area contributed by atoms with Gasteiger partial charge in [0.15, 0.2) is 35.5 Å². The Labute approximate surface area is 236 Å². The number of rotatable bonds is 11. The smallest absolute Gasteiger partial charge is 0.221 e. The summed E-state index contributed by atoms with van der Waals surface area (Å²) in [6, 6.07) is 0. The van der Waals surface area contributed by atoms with E-state index in [2.05, 4.69) is 0 Å². The summed E-state index contributed by atoms with van der Waals surface area (Å²) < 4.78 is 71.7. The van der Waals surface area contributed by atoms with Crippen molar-refractivity contribution >= 4 is 5.78 Å². The van der Waals surface area contributed by atoms with Crippen LogP contribution in [-0.2, 0) is 61.6 Å². The van der Waals surface area contributed by atoms with Crippen molar-refractivity contribution in [1.29, 1.82) is 0 Å². The summed E-state index contributed by atoms with van der Waals surface area (Å²) in [5.74, 6) is -4.21. The average molecular weight is 579 g/mol. The number of hydrogen-bond acceptors (Lipinski definition) is 13. The van der Waals surface area contributed by atoms with E-state index in [1.54, 1.807) is 62.5 Å². The molecule has 40 heavy (non-hydrogen) atoms. The van der Waals surface area contributed by atoms with Crippen LogP contribution in [0.25, 0.3) is 0 Å². The van der Waals surface area contributed by atoms with Gasteiger partial charge in [0.1, 0.15) is 36.6 Å². The molecule has 0 spiro atoms. The Morgan fingerprint density at radius 3 is 2.08 bits per heavy atom. The molecule has 4 rings (SSSR count). The Hall–Kier alpha value is -0.810. The SMILES string of the molecule is COC(OC)[C@@H]1OC(C)(C)O[C@H]1[C@H](O[C@@H]1O[C@H](COC(C)(C)OC)[C@@H]2OC(C)(C)O[C@@H]2C1=O)[C@H]1COC(C)(C)O1. The molecule has 0 radical (unpaired) electrons. The van der Waals surface area contributed by atoms with Crippen LogP contribution >= 0.6 is 0 Å². The molecule has 0 aromatic heterocycles. The van der Waals surface area contributed by atoms with Gasteiger partial charge in [-0.05, 0) is 55.4 Å². The third-order valence-electron chi connectivity index (χ3n) is 7.29. The van der Waals surface area contributed by atoms with Crippen LogP contribution in [0, 0.1) is 0 Å². The van der Waals surface area contributed by atoms with Gasteiger partial charge in [-0.2, -0.15) is 0 Å². The molecule has 8 atom stereocenters. The topological polar surface area (TPSA) is 128 Å². The van der Waals surface area contributed by atoms with Crippen LogP contribution < -0.4 is 0 Å². The lowest BCUT2D eigenvalue weighted by molar-refractivity contribution is -0.282. The third kappa shape index (κ3) is 7.04. The fourth-order valence-electron chi connectivity index (χ4n) is 5.34. The normalized spacial score (nSPS) is 37.7. The molecular formula is C27H46O13. The van der Waals surface area contributed by atoms with E-state index in [-0.39, 0.29) is 13.2 Å². The van der Waals surface area contributed by atoms with E-state index in [9.17, 15) is 4.79 Å². The molecule has 0 aliphatic carbocycles. The maximum absolute atomic E-state index is 13.7. The van der Waals surface area contributed by atoms with E-state index >= 15 is 0 Å². The summed E-state index contributed by atoms with van der Waals surface area (Å²) in [4.78, 5) is 13.7. The first-order chi connectivity index (χ1) is 18.5. The Morgan fingerprint density at radius 1 is 0.875 bits per heavy atom. The quantitative estimate of drug-likeness (QED) is 0.331. The number of fused-ring (bicyclic) bond motifs is 1. The number of carbonyl (C=O) groups excluding carboxylic acids is 1. The van der Waals surface area contributed by atoms with Crippen LogP contribution in [0.5, 0.6) is 0 Å². The molecule has 0 amide bonds. The summed E-state index contributed by atoms with van der Waals surface area (Å²) in [6.07, 6.45) is -7.53. The van der Waals surface area contributed by atoms with Gasteiger partial charge in [-0.25, -0.2) is 0 Å². The highest BCUT2D eigenvalue weighted by Crippen LogP contribution is 2.41. The molecule has 4 aliphatic rings. The van der Waals surface area contributed by atoms with Crippen molar-refractivity contribution in [2.75, 3.05) is 34.5 Å². The van der Waals surface area contributed by atoms with Crippen molar-refractivity contribution < 1.29 is 61.6 Å². The molecular weight excluding hydrogens is 532 g/mol. The monoisotopic (exact) mass is 578 g/mol. The first-order valence-electron chi connectivity index (χ1n) is 13.6. The van der Waals surface area contributed by atoms with E-state index in [1.807, 2.05) is 0 Å². The Balaban J connectivity index is 1.63. The van der Waals surface area contributed by atoms with Gasteiger partial charge in [0, 0.05) is 21.3 Å². The molecule has 4 saturated heterocycles. The Kier molecular flexibility index (Phi) is 9.39. The van der Waals surface area contributed by atoms with E-state index in [4.69, 9.17) is 56.8 Å². The standard InChI is InChI=1S/C27H46O13/c1-24(2,31-11)32-12-14-18-19(38-26(5,6)37-18)16(28)22(34-14)35-17(15-13-33-25(3,4)36-15)20-21(23(29-9)30-10)40-27(7,8)39-20/h14-15,17-23H,12-13H2,1-11H3/t14-,15-,17-,18+,19-,20+,21-,22+/m1/s1. The maximum Gasteiger partial charge on any atom is 0.221 e. The highest BCUT2D eigenvalue weighted by Gasteiger charge is 2.59. The summed E-state index contributed by atoms with van der Waals surface area (Å²) in [5, 5.41) is 0. The molecule has 13 nitrogen and oxygen atoms in total. The number of carbonyl (C=O) groups is 1. The van der Waals surface area contributed by atoms with Crippen molar-refractivity contribution in [3.8, 4) is 0 Å². The molecule has 0 bridgehead atoms. The second kappa shape index (κ2) is 11.7. The second-order valence-corrected chi connectivity index (χ2v) is 12.2. The van der Waals surface area contributed by atoms with Gasteiger partial charge >= 0.3 is 0 Å². The van der Waals surface area contributed by atoms with Gasteiger partial charge in [-0.15, -0.1) is 0 Å². The van der Waals surface area contributed by atoms with Crippen LogP contribution in [0.4, 0.5) is 0 Å². The minimum atomic E-state index is -1.35. The average Bonchev–Trinajstić information content (AvgIpc) is 3.50. The number of methoxy groups -OCH3 is 3.